The molecule has 1 N–H and O–H groups in total. The molecule has 1 atom stereocenters. The number of hydrogen-bond acceptors (Lipinski definition) is 4. The highest BCUT2D eigenvalue weighted by atomic mass is 16.5. The van der Waals surface area contributed by atoms with Crippen LogP contribution < -0.4 is 10.1 Å². The Labute approximate surface area is 170 Å². The number of methoxy groups -OCH3 is 1. The molecule has 150 valence electrons. The van der Waals surface area contributed by atoms with Crippen molar-refractivity contribution in [1.29, 1.82) is 0 Å². The second-order valence-electron chi connectivity index (χ2n) is 7.16. The van der Waals surface area contributed by atoms with Crippen LogP contribution in [0, 0.1) is 0 Å². The van der Waals surface area contributed by atoms with E-state index in [0.717, 1.165) is 30.0 Å². The van der Waals surface area contributed by atoms with Crippen molar-refractivity contribution in [3.63, 3.8) is 0 Å². The molecule has 0 spiro atoms. The van der Waals surface area contributed by atoms with Gasteiger partial charge in [-0.3, -0.25) is 9.48 Å². The molecule has 0 radical (unpaired) electrons. The van der Waals surface area contributed by atoms with Crippen molar-refractivity contribution in [2.45, 2.75) is 25.5 Å². The molecule has 2 aromatic carbocycles. The lowest BCUT2D eigenvalue weighted by Gasteiger charge is -2.22. The van der Waals surface area contributed by atoms with Gasteiger partial charge in [-0.15, -0.1) is 0 Å². The Kier molecular flexibility index (Phi) is 5.91. The van der Waals surface area contributed by atoms with Crippen LogP contribution in [0.1, 0.15) is 28.5 Å². The van der Waals surface area contributed by atoms with Crippen LogP contribution in [0.3, 0.4) is 0 Å². The monoisotopic (exact) mass is 391 g/mol. The lowest BCUT2D eigenvalue weighted by molar-refractivity contribution is -0.121. The maximum Gasteiger partial charge on any atom is 0.224 e. The molecule has 2 heterocycles. The molecular formula is C23H25N3O3. The molecule has 0 bridgehead atoms. The van der Waals surface area contributed by atoms with Crippen molar-refractivity contribution in [3.8, 4) is 5.75 Å². The van der Waals surface area contributed by atoms with Gasteiger partial charge in [0.2, 0.25) is 5.91 Å². The van der Waals surface area contributed by atoms with Crippen LogP contribution in [0.25, 0.3) is 0 Å². The first-order valence-corrected chi connectivity index (χ1v) is 9.82. The van der Waals surface area contributed by atoms with Gasteiger partial charge in [-0.05, 0) is 35.2 Å². The molecule has 1 aromatic heterocycles. The van der Waals surface area contributed by atoms with E-state index in [-0.39, 0.29) is 12.0 Å². The minimum atomic E-state index is -0.218. The van der Waals surface area contributed by atoms with Gasteiger partial charge in [0, 0.05) is 12.7 Å². The number of fused-ring (bicyclic) bond motifs is 1. The topological polar surface area (TPSA) is 65.4 Å². The summed E-state index contributed by atoms with van der Waals surface area (Å²) in [6, 6.07) is 17.8. The Balaban J connectivity index is 1.37. The Bertz CT molecular complexity index is 969. The van der Waals surface area contributed by atoms with E-state index in [9.17, 15) is 4.79 Å². The van der Waals surface area contributed by atoms with Crippen LogP contribution in [-0.4, -0.2) is 35.9 Å². The molecule has 0 saturated heterocycles. The highest BCUT2D eigenvalue weighted by Crippen LogP contribution is 2.25. The summed E-state index contributed by atoms with van der Waals surface area (Å²) in [4.78, 5) is 12.4. The number of benzene rings is 2. The molecule has 1 aliphatic heterocycles. The van der Waals surface area contributed by atoms with E-state index in [1.165, 1.54) is 11.1 Å². The number of hydrogen-bond donors (Lipinski definition) is 1. The zero-order chi connectivity index (χ0) is 20.1. The van der Waals surface area contributed by atoms with Gasteiger partial charge in [-0.1, -0.05) is 42.5 Å². The Morgan fingerprint density at radius 1 is 1.21 bits per heavy atom. The number of aromatic nitrogens is 2. The highest BCUT2D eigenvalue weighted by Gasteiger charge is 2.25. The number of nitrogens with zero attached hydrogens (tertiary/aromatic N) is 2. The normalized spacial score (nSPS) is 15.6. The number of ether oxygens (including phenoxy) is 2. The van der Waals surface area contributed by atoms with Crippen molar-refractivity contribution >= 4 is 5.91 Å². The summed E-state index contributed by atoms with van der Waals surface area (Å²) in [7, 11) is 1.62. The molecule has 1 aliphatic rings. The summed E-state index contributed by atoms with van der Waals surface area (Å²) in [5.74, 6) is 0.706. The van der Waals surface area contributed by atoms with E-state index < -0.39 is 0 Å². The zero-order valence-corrected chi connectivity index (χ0v) is 16.5. The Morgan fingerprint density at radius 3 is 2.86 bits per heavy atom. The zero-order valence-electron chi connectivity index (χ0n) is 16.5. The number of rotatable bonds is 7. The predicted octanol–water partition coefficient (Wildman–Crippen LogP) is 2.91. The third-order valence-electron chi connectivity index (χ3n) is 5.04. The lowest BCUT2D eigenvalue weighted by Crippen LogP contribution is -2.32. The van der Waals surface area contributed by atoms with Crippen LogP contribution in [0.5, 0.6) is 5.75 Å². The van der Waals surface area contributed by atoms with Crippen molar-refractivity contribution < 1.29 is 14.3 Å². The molecule has 0 fully saturated rings. The van der Waals surface area contributed by atoms with Gasteiger partial charge in [0.1, 0.15) is 11.9 Å². The highest BCUT2D eigenvalue weighted by molar-refractivity contribution is 5.78. The van der Waals surface area contributed by atoms with Crippen LogP contribution in [0.2, 0.25) is 0 Å². The molecule has 0 aliphatic carbocycles. The van der Waals surface area contributed by atoms with Crippen LogP contribution in [-0.2, 0) is 28.9 Å². The van der Waals surface area contributed by atoms with E-state index in [2.05, 4.69) is 23.6 Å². The van der Waals surface area contributed by atoms with E-state index in [1.807, 2.05) is 47.1 Å². The minimum Gasteiger partial charge on any atom is -0.497 e. The van der Waals surface area contributed by atoms with E-state index in [1.54, 1.807) is 7.11 Å². The van der Waals surface area contributed by atoms with Gasteiger partial charge >= 0.3 is 0 Å². The number of carbonyl (C=O) groups excluding carboxylic acids is 1. The molecule has 1 amide bonds. The van der Waals surface area contributed by atoms with Crippen molar-refractivity contribution in [3.05, 3.63) is 83.2 Å². The largest absolute Gasteiger partial charge is 0.497 e. The molecule has 4 rings (SSSR count). The van der Waals surface area contributed by atoms with Crippen molar-refractivity contribution in [2.75, 3.05) is 20.3 Å². The number of amides is 1. The van der Waals surface area contributed by atoms with Crippen LogP contribution in [0.4, 0.5) is 0 Å². The lowest BCUT2D eigenvalue weighted by atomic mass is 10.1. The Morgan fingerprint density at radius 2 is 2.03 bits per heavy atom. The van der Waals surface area contributed by atoms with E-state index >= 15 is 0 Å². The second-order valence-corrected chi connectivity index (χ2v) is 7.16. The summed E-state index contributed by atoms with van der Waals surface area (Å²) >= 11 is 0. The van der Waals surface area contributed by atoms with Gasteiger partial charge in [-0.25, -0.2) is 0 Å². The third-order valence-corrected chi connectivity index (χ3v) is 5.04. The average Bonchev–Trinajstić information content (AvgIpc) is 3.16. The summed E-state index contributed by atoms with van der Waals surface area (Å²) in [6.07, 6.45) is 3.03. The first kappa shape index (κ1) is 19.2. The number of nitrogens with one attached hydrogen (secondary N) is 1. The number of carbonyl (C=O) groups is 1. The molecule has 29 heavy (non-hydrogen) atoms. The standard InChI is InChI=1S/C23H25N3O3/c1-28-20-9-5-8-18(12-20)13-22(27)24-14-21-23-19(10-11-29-21)16-26(25-23)15-17-6-3-2-4-7-17/h2-9,12,16,21H,10-11,13-15H2,1H3,(H,24,27)/t21-/m0/s1. The first-order chi connectivity index (χ1) is 14.2. The predicted molar refractivity (Wildman–Crippen MR) is 110 cm³/mol. The summed E-state index contributed by atoms with van der Waals surface area (Å²) in [5, 5.41) is 7.72. The van der Waals surface area contributed by atoms with Gasteiger partial charge in [-0.2, -0.15) is 5.10 Å². The summed E-state index contributed by atoms with van der Waals surface area (Å²) < 4.78 is 13.1. The Hall–Kier alpha value is -3.12. The molecule has 6 heteroatoms. The first-order valence-electron chi connectivity index (χ1n) is 9.82. The fourth-order valence-electron chi connectivity index (χ4n) is 3.58. The second kappa shape index (κ2) is 8.92. The molecule has 0 unspecified atom stereocenters. The van der Waals surface area contributed by atoms with Crippen LogP contribution in [0.15, 0.2) is 60.8 Å². The fraction of sp³-hybridized carbons (Fsp3) is 0.304. The molecule has 6 nitrogen and oxygen atoms in total. The summed E-state index contributed by atoms with van der Waals surface area (Å²) in [6.45, 7) is 1.78. The molecular weight excluding hydrogens is 366 g/mol. The van der Waals surface area contributed by atoms with Gasteiger partial charge in [0.15, 0.2) is 0 Å². The molecule has 0 saturated carbocycles. The minimum absolute atomic E-state index is 0.0438. The van der Waals surface area contributed by atoms with Gasteiger partial charge in [0.25, 0.3) is 0 Å². The molecule has 3 aromatic rings. The van der Waals surface area contributed by atoms with E-state index in [0.29, 0.717) is 19.6 Å². The maximum atomic E-state index is 12.4. The third kappa shape index (κ3) is 4.84. The maximum absolute atomic E-state index is 12.4. The smallest absolute Gasteiger partial charge is 0.224 e. The fourth-order valence-corrected chi connectivity index (χ4v) is 3.58. The van der Waals surface area contributed by atoms with Crippen LogP contribution >= 0.6 is 0 Å². The van der Waals surface area contributed by atoms with E-state index in [4.69, 9.17) is 14.6 Å². The average molecular weight is 391 g/mol. The van der Waals surface area contributed by atoms with Crippen molar-refractivity contribution in [2.24, 2.45) is 0 Å². The quantitative estimate of drug-likeness (QED) is 0.673. The SMILES string of the molecule is COc1cccc(CC(=O)NC[C@@H]2OCCc3cn(Cc4ccccc4)nc32)c1. The summed E-state index contributed by atoms with van der Waals surface area (Å²) in [5.41, 5.74) is 4.24. The van der Waals surface area contributed by atoms with Gasteiger partial charge < -0.3 is 14.8 Å². The van der Waals surface area contributed by atoms with Crippen molar-refractivity contribution in [1.82, 2.24) is 15.1 Å². The van der Waals surface area contributed by atoms with Gasteiger partial charge in [0.05, 0.1) is 32.4 Å².